The fraction of sp³-hybridized carbons (Fsp3) is 0.391. The third-order valence-electron chi connectivity index (χ3n) is 6.30. The molecule has 0 aliphatic carbocycles. The van der Waals surface area contributed by atoms with Crippen LogP contribution in [0, 0.1) is 17.6 Å². The number of halogens is 2. The van der Waals surface area contributed by atoms with Gasteiger partial charge in [-0.25, -0.2) is 13.6 Å². The van der Waals surface area contributed by atoms with Crippen molar-refractivity contribution in [2.45, 2.75) is 25.0 Å². The summed E-state index contributed by atoms with van der Waals surface area (Å²) in [6.07, 6.45) is -0.650. The zero-order chi connectivity index (χ0) is 22.0. The number of piperidine rings is 3. The molecule has 2 bridgehead atoms. The van der Waals surface area contributed by atoms with E-state index in [1.807, 2.05) is 0 Å². The molecule has 3 fully saturated rings. The first kappa shape index (κ1) is 21.2. The molecule has 2 N–H and O–H groups in total. The lowest BCUT2D eigenvalue weighted by molar-refractivity contribution is -0.939. The molecular formula is C23H25F2N2O4+. The van der Waals surface area contributed by atoms with E-state index in [1.165, 1.54) is 36.4 Å². The molecule has 1 atom stereocenters. The van der Waals surface area contributed by atoms with Gasteiger partial charge in [-0.3, -0.25) is 4.79 Å². The van der Waals surface area contributed by atoms with Crippen LogP contribution < -0.4 is 5.73 Å². The van der Waals surface area contributed by atoms with Gasteiger partial charge in [0.05, 0.1) is 13.1 Å². The van der Waals surface area contributed by atoms with E-state index in [2.05, 4.69) is 0 Å². The third kappa shape index (κ3) is 4.85. The maximum Gasteiger partial charge on any atom is 0.509 e. The molecule has 0 saturated carbocycles. The van der Waals surface area contributed by atoms with Gasteiger partial charge in [0.1, 0.15) is 18.2 Å². The molecule has 0 aromatic heterocycles. The van der Waals surface area contributed by atoms with Crippen molar-refractivity contribution in [3.8, 4) is 0 Å². The minimum absolute atomic E-state index is 0.196. The molecule has 1 unspecified atom stereocenters. The van der Waals surface area contributed by atoms with Gasteiger partial charge in [-0.1, -0.05) is 24.3 Å². The number of ether oxygens (including phenoxy) is 2. The van der Waals surface area contributed by atoms with Gasteiger partial charge in [-0.15, -0.1) is 0 Å². The number of fused-ring (bicyclic) bond motifs is 3. The molecule has 2 aromatic carbocycles. The molecule has 0 spiro atoms. The second kappa shape index (κ2) is 8.63. The zero-order valence-corrected chi connectivity index (χ0v) is 17.0. The quantitative estimate of drug-likeness (QED) is 0.562. The smallest absolute Gasteiger partial charge is 0.425 e. The SMILES string of the molecule is NC(=O)C[N+]12CCC(CC1)C(OC(=O)OC(c1cccc(F)c1)c1cccc(F)c1)C2. The number of hydrogen-bond donors (Lipinski definition) is 1. The lowest BCUT2D eigenvalue weighted by Gasteiger charge is -2.51. The second-order valence-electron chi connectivity index (χ2n) is 8.45. The summed E-state index contributed by atoms with van der Waals surface area (Å²) in [5.41, 5.74) is 6.16. The number of hydrogen-bond acceptors (Lipinski definition) is 4. The Morgan fingerprint density at radius 1 is 1.03 bits per heavy atom. The van der Waals surface area contributed by atoms with Gasteiger partial charge in [-0.2, -0.15) is 0 Å². The third-order valence-corrected chi connectivity index (χ3v) is 6.30. The van der Waals surface area contributed by atoms with Crippen LogP contribution in [0.2, 0.25) is 0 Å². The first-order chi connectivity index (χ1) is 14.8. The Balaban J connectivity index is 1.51. The Bertz CT molecular complexity index is 930. The fourth-order valence-electron chi connectivity index (χ4n) is 4.82. The van der Waals surface area contributed by atoms with Crippen LogP contribution in [0.4, 0.5) is 13.6 Å². The molecule has 8 heteroatoms. The van der Waals surface area contributed by atoms with Crippen molar-refractivity contribution >= 4 is 12.1 Å². The number of nitrogens with two attached hydrogens (primary N) is 1. The van der Waals surface area contributed by atoms with Crippen LogP contribution in [0.15, 0.2) is 48.5 Å². The number of primary amides is 1. The molecular weight excluding hydrogens is 406 g/mol. The number of carbonyl (C=O) groups excluding carboxylic acids is 2. The number of benzene rings is 2. The monoisotopic (exact) mass is 431 g/mol. The highest BCUT2D eigenvalue weighted by Crippen LogP contribution is 2.36. The van der Waals surface area contributed by atoms with Crippen molar-refractivity contribution < 1.29 is 32.3 Å². The van der Waals surface area contributed by atoms with Crippen molar-refractivity contribution in [3.63, 3.8) is 0 Å². The molecule has 3 heterocycles. The highest BCUT2D eigenvalue weighted by Gasteiger charge is 2.48. The predicted octanol–water partition coefficient (Wildman–Crippen LogP) is 3.30. The summed E-state index contributed by atoms with van der Waals surface area (Å²) < 4.78 is 39.3. The summed E-state index contributed by atoms with van der Waals surface area (Å²) in [5, 5.41) is 0. The van der Waals surface area contributed by atoms with E-state index in [1.54, 1.807) is 12.1 Å². The maximum absolute atomic E-state index is 13.8. The summed E-state index contributed by atoms with van der Waals surface area (Å²) in [7, 11) is 0. The molecule has 3 aliphatic rings. The lowest BCUT2D eigenvalue weighted by Crippen LogP contribution is -2.66. The van der Waals surface area contributed by atoms with Gasteiger partial charge in [0.2, 0.25) is 0 Å². The van der Waals surface area contributed by atoms with Gasteiger partial charge in [-0.05, 0) is 24.3 Å². The number of amides is 1. The summed E-state index contributed by atoms with van der Waals surface area (Å²) in [5.74, 6) is -1.17. The van der Waals surface area contributed by atoms with E-state index < -0.39 is 30.0 Å². The van der Waals surface area contributed by atoms with E-state index in [9.17, 15) is 18.4 Å². The van der Waals surface area contributed by atoms with Crippen LogP contribution in [0.5, 0.6) is 0 Å². The fourth-order valence-corrected chi connectivity index (χ4v) is 4.82. The minimum Gasteiger partial charge on any atom is -0.425 e. The summed E-state index contributed by atoms with van der Waals surface area (Å²) in [6.45, 7) is 2.39. The zero-order valence-electron chi connectivity index (χ0n) is 17.0. The van der Waals surface area contributed by atoms with Crippen molar-refractivity contribution in [3.05, 3.63) is 71.3 Å². The number of nitrogens with zero attached hydrogens (tertiary/aromatic N) is 1. The van der Waals surface area contributed by atoms with Crippen LogP contribution in [0.1, 0.15) is 30.1 Å². The highest BCUT2D eigenvalue weighted by molar-refractivity contribution is 5.75. The Morgan fingerprint density at radius 2 is 1.61 bits per heavy atom. The molecule has 5 rings (SSSR count). The van der Waals surface area contributed by atoms with Crippen molar-refractivity contribution in [2.24, 2.45) is 11.7 Å². The molecule has 1 amide bonds. The highest BCUT2D eigenvalue weighted by atomic mass is 19.1. The van der Waals surface area contributed by atoms with Crippen LogP contribution in [-0.4, -0.2) is 48.8 Å². The summed E-state index contributed by atoms with van der Waals surface area (Å²) in [6, 6.07) is 11.2. The van der Waals surface area contributed by atoms with E-state index in [0.29, 0.717) is 22.2 Å². The first-order valence-corrected chi connectivity index (χ1v) is 10.4. The van der Waals surface area contributed by atoms with Crippen molar-refractivity contribution in [1.29, 1.82) is 0 Å². The van der Waals surface area contributed by atoms with Crippen LogP contribution in [0.25, 0.3) is 0 Å². The number of carbonyl (C=O) groups is 2. The Kier molecular flexibility index (Phi) is 5.91. The normalized spacial score (nSPS) is 24.7. The van der Waals surface area contributed by atoms with Crippen molar-refractivity contribution in [1.82, 2.24) is 0 Å². The molecule has 6 nitrogen and oxygen atoms in total. The van der Waals surface area contributed by atoms with E-state index in [-0.39, 0.29) is 18.4 Å². The molecule has 3 saturated heterocycles. The molecule has 3 aliphatic heterocycles. The van der Waals surface area contributed by atoms with Crippen molar-refractivity contribution in [2.75, 3.05) is 26.2 Å². The minimum atomic E-state index is -1.02. The van der Waals surface area contributed by atoms with E-state index in [0.717, 1.165) is 25.9 Å². The Hall–Kier alpha value is -3.00. The Labute approximate surface area is 179 Å². The van der Waals surface area contributed by atoms with Gasteiger partial charge < -0.3 is 19.7 Å². The second-order valence-corrected chi connectivity index (χ2v) is 8.45. The van der Waals surface area contributed by atoms with E-state index >= 15 is 0 Å². The van der Waals surface area contributed by atoms with Crippen LogP contribution >= 0.6 is 0 Å². The van der Waals surface area contributed by atoms with E-state index in [4.69, 9.17) is 15.2 Å². The summed E-state index contributed by atoms with van der Waals surface area (Å²) >= 11 is 0. The van der Waals surface area contributed by atoms with Gasteiger partial charge in [0.15, 0.2) is 18.8 Å². The molecule has 164 valence electrons. The molecule has 31 heavy (non-hydrogen) atoms. The van der Waals surface area contributed by atoms with Gasteiger partial charge in [0.25, 0.3) is 5.91 Å². The van der Waals surface area contributed by atoms with Gasteiger partial charge >= 0.3 is 6.16 Å². The van der Waals surface area contributed by atoms with Crippen LogP contribution in [0.3, 0.4) is 0 Å². The van der Waals surface area contributed by atoms with Gasteiger partial charge in [0, 0.05) is 29.9 Å². The number of quaternary nitrogens is 1. The standard InChI is InChI=1S/C23H24F2N2O4/c24-18-5-1-3-16(11-18)22(17-4-2-6-19(25)12-17)31-23(29)30-20-13-27(14-21(26)28)9-7-15(20)8-10-27/h1-6,11-12,15,20,22H,7-10,13-14H2,(H-,26,28)/p+1. The predicted molar refractivity (Wildman–Crippen MR) is 108 cm³/mol. The average Bonchev–Trinajstić information content (AvgIpc) is 2.72. The summed E-state index contributed by atoms with van der Waals surface area (Å²) in [4.78, 5) is 24.2. The largest absolute Gasteiger partial charge is 0.509 e. The molecule has 2 aromatic rings. The lowest BCUT2D eigenvalue weighted by atomic mass is 9.83. The number of rotatable bonds is 6. The maximum atomic E-state index is 13.8. The Morgan fingerprint density at radius 3 is 2.13 bits per heavy atom. The first-order valence-electron chi connectivity index (χ1n) is 10.4. The topological polar surface area (TPSA) is 78.6 Å². The average molecular weight is 431 g/mol. The van der Waals surface area contributed by atoms with Crippen LogP contribution in [-0.2, 0) is 14.3 Å². The molecule has 0 radical (unpaired) electrons.